The molecule has 0 aliphatic carbocycles. The molecule has 0 radical (unpaired) electrons. The Kier molecular flexibility index (Phi) is 2.11. The van der Waals surface area contributed by atoms with Crippen molar-refractivity contribution in [1.29, 1.82) is 0 Å². The van der Waals surface area contributed by atoms with Gasteiger partial charge in [-0.25, -0.2) is 4.98 Å². The summed E-state index contributed by atoms with van der Waals surface area (Å²) in [7, 11) is 1.64. The minimum atomic E-state index is 0.556. The summed E-state index contributed by atoms with van der Waals surface area (Å²) >= 11 is 0. The molecule has 1 N–H and O–H groups in total. The molecule has 5 nitrogen and oxygen atoms in total. The number of aryl methyl sites for hydroxylation is 1. The lowest BCUT2D eigenvalue weighted by molar-refractivity contribution is 0.419. The molecule has 3 aromatic rings. The Morgan fingerprint density at radius 3 is 2.94 bits per heavy atom. The van der Waals surface area contributed by atoms with Gasteiger partial charge in [0.2, 0.25) is 5.82 Å². The Bertz CT molecular complexity index is 669. The SMILES string of the molecule is COc1cccc2oc(-c3n[nH]c(C)n3)cc12. The Hall–Kier alpha value is -2.30. The van der Waals surface area contributed by atoms with E-state index in [2.05, 4.69) is 15.2 Å². The molecule has 0 saturated carbocycles. The van der Waals surface area contributed by atoms with E-state index in [1.807, 2.05) is 31.2 Å². The minimum Gasteiger partial charge on any atom is -0.496 e. The summed E-state index contributed by atoms with van der Waals surface area (Å²) in [6.07, 6.45) is 0. The highest BCUT2D eigenvalue weighted by Gasteiger charge is 2.12. The van der Waals surface area contributed by atoms with Gasteiger partial charge in [0.15, 0.2) is 5.76 Å². The summed E-state index contributed by atoms with van der Waals surface area (Å²) in [6.45, 7) is 1.85. The van der Waals surface area contributed by atoms with Crippen molar-refractivity contribution in [2.75, 3.05) is 7.11 Å². The number of aromatic amines is 1. The highest BCUT2D eigenvalue weighted by molar-refractivity contribution is 5.87. The van der Waals surface area contributed by atoms with E-state index in [1.165, 1.54) is 0 Å². The zero-order chi connectivity index (χ0) is 11.8. The van der Waals surface area contributed by atoms with E-state index < -0.39 is 0 Å². The first-order valence-electron chi connectivity index (χ1n) is 5.24. The molecule has 0 spiro atoms. The van der Waals surface area contributed by atoms with Crippen LogP contribution >= 0.6 is 0 Å². The first-order chi connectivity index (χ1) is 8.28. The first kappa shape index (κ1) is 9.89. The van der Waals surface area contributed by atoms with Gasteiger partial charge in [-0.1, -0.05) is 6.07 Å². The number of furan rings is 1. The smallest absolute Gasteiger partial charge is 0.216 e. The largest absolute Gasteiger partial charge is 0.496 e. The minimum absolute atomic E-state index is 0.556. The second kappa shape index (κ2) is 3.62. The highest BCUT2D eigenvalue weighted by atomic mass is 16.5. The third-order valence-electron chi connectivity index (χ3n) is 2.56. The predicted molar refractivity (Wildman–Crippen MR) is 62.9 cm³/mol. The molecule has 0 fully saturated rings. The lowest BCUT2D eigenvalue weighted by Crippen LogP contribution is -1.81. The predicted octanol–water partition coefficient (Wildman–Crippen LogP) is 2.53. The van der Waals surface area contributed by atoms with Crippen LogP contribution in [0.25, 0.3) is 22.6 Å². The van der Waals surface area contributed by atoms with Gasteiger partial charge in [-0.05, 0) is 25.1 Å². The molecule has 0 aliphatic rings. The molecule has 0 amide bonds. The zero-order valence-electron chi connectivity index (χ0n) is 9.52. The number of aromatic nitrogens is 3. The van der Waals surface area contributed by atoms with Crippen LogP contribution in [-0.4, -0.2) is 22.3 Å². The van der Waals surface area contributed by atoms with Crippen LogP contribution in [0.2, 0.25) is 0 Å². The number of ether oxygens (including phenoxy) is 1. The van der Waals surface area contributed by atoms with Crippen LogP contribution in [0.15, 0.2) is 28.7 Å². The third kappa shape index (κ3) is 1.56. The molecule has 2 heterocycles. The number of benzene rings is 1. The lowest BCUT2D eigenvalue weighted by Gasteiger charge is -1.98. The number of fused-ring (bicyclic) bond motifs is 1. The normalized spacial score (nSPS) is 10.9. The number of hydrogen-bond donors (Lipinski definition) is 1. The fraction of sp³-hybridized carbons (Fsp3) is 0.167. The molecular weight excluding hydrogens is 218 g/mol. The van der Waals surface area contributed by atoms with Crippen molar-refractivity contribution >= 4 is 11.0 Å². The van der Waals surface area contributed by atoms with Crippen LogP contribution in [0.1, 0.15) is 5.82 Å². The summed E-state index contributed by atoms with van der Waals surface area (Å²) < 4.78 is 11.0. The van der Waals surface area contributed by atoms with Gasteiger partial charge in [0.1, 0.15) is 17.2 Å². The second-order valence-electron chi connectivity index (χ2n) is 3.73. The van der Waals surface area contributed by atoms with E-state index in [0.717, 1.165) is 22.5 Å². The van der Waals surface area contributed by atoms with E-state index >= 15 is 0 Å². The quantitative estimate of drug-likeness (QED) is 0.733. The van der Waals surface area contributed by atoms with Crippen molar-refractivity contribution in [3.63, 3.8) is 0 Å². The van der Waals surface area contributed by atoms with Gasteiger partial charge in [-0.15, -0.1) is 0 Å². The van der Waals surface area contributed by atoms with Crippen molar-refractivity contribution in [2.45, 2.75) is 6.92 Å². The van der Waals surface area contributed by atoms with Crippen LogP contribution in [0.5, 0.6) is 5.75 Å². The molecule has 17 heavy (non-hydrogen) atoms. The maximum Gasteiger partial charge on any atom is 0.216 e. The van der Waals surface area contributed by atoms with Gasteiger partial charge in [0, 0.05) is 0 Å². The standard InChI is InChI=1S/C12H11N3O2/c1-7-13-12(15-14-7)11-6-8-9(16-2)4-3-5-10(8)17-11/h3-6H,1-2H3,(H,13,14,15). The Morgan fingerprint density at radius 1 is 1.35 bits per heavy atom. The molecular formula is C12H11N3O2. The average Bonchev–Trinajstić information content (AvgIpc) is 2.93. The Morgan fingerprint density at radius 2 is 2.24 bits per heavy atom. The zero-order valence-corrected chi connectivity index (χ0v) is 9.52. The van der Waals surface area contributed by atoms with E-state index in [9.17, 15) is 0 Å². The average molecular weight is 229 g/mol. The third-order valence-corrected chi connectivity index (χ3v) is 2.56. The van der Waals surface area contributed by atoms with Gasteiger partial charge in [-0.3, -0.25) is 5.10 Å². The monoisotopic (exact) mass is 229 g/mol. The topological polar surface area (TPSA) is 63.9 Å². The maximum absolute atomic E-state index is 5.68. The molecule has 0 atom stereocenters. The summed E-state index contributed by atoms with van der Waals surface area (Å²) in [5.41, 5.74) is 0.766. The van der Waals surface area contributed by atoms with Gasteiger partial charge in [-0.2, -0.15) is 5.10 Å². The molecule has 86 valence electrons. The van der Waals surface area contributed by atoms with Crippen molar-refractivity contribution in [1.82, 2.24) is 15.2 Å². The number of nitrogens with zero attached hydrogens (tertiary/aromatic N) is 2. The Labute approximate surface area is 97.4 Å². The fourth-order valence-electron chi connectivity index (χ4n) is 1.78. The molecule has 0 saturated heterocycles. The van der Waals surface area contributed by atoms with Crippen LogP contribution < -0.4 is 4.74 Å². The summed E-state index contributed by atoms with van der Waals surface area (Å²) in [4.78, 5) is 4.23. The number of hydrogen-bond acceptors (Lipinski definition) is 4. The van der Waals surface area contributed by atoms with Crippen LogP contribution in [0, 0.1) is 6.92 Å². The maximum atomic E-state index is 5.68. The second-order valence-corrected chi connectivity index (χ2v) is 3.73. The number of rotatable bonds is 2. The summed E-state index contributed by atoms with van der Waals surface area (Å²) in [5.74, 6) is 2.73. The number of nitrogens with one attached hydrogen (secondary N) is 1. The number of H-pyrrole nitrogens is 1. The summed E-state index contributed by atoms with van der Waals surface area (Å²) in [5, 5.41) is 7.78. The van der Waals surface area contributed by atoms with Crippen LogP contribution in [0.3, 0.4) is 0 Å². The van der Waals surface area contributed by atoms with E-state index in [-0.39, 0.29) is 0 Å². The van der Waals surface area contributed by atoms with Gasteiger partial charge in [0.05, 0.1) is 12.5 Å². The van der Waals surface area contributed by atoms with E-state index in [0.29, 0.717) is 11.6 Å². The van der Waals surface area contributed by atoms with Crippen molar-refractivity contribution in [2.24, 2.45) is 0 Å². The van der Waals surface area contributed by atoms with Gasteiger partial charge >= 0.3 is 0 Å². The first-order valence-corrected chi connectivity index (χ1v) is 5.24. The van der Waals surface area contributed by atoms with E-state index in [1.54, 1.807) is 7.11 Å². The number of methoxy groups -OCH3 is 1. The molecule has 3 rings (SSSR count). The van der Waals surface area contributed by atoms with Gasteiger partial charge in [0.25, 0.3) is 0 Å². The molecule has 5 heteroatoms. The molecule has 0 bridgehead atoms. The van der Waals surface area contributed by atoms with E-state index in [4.69, 9.17) is 9.15 Å². The van der Waals surface area contributed by atoms with Crippen LogP contribution in [-0.2, 0) is 0 Å². The Balaban J connectivity index is 2.19. The highest BCUT2D eigenvalue weighted by Crippen LogP contribution is 2.31. The fourth-order valence-corrected chi connectivity index (χ4v) is 1.78. The molecule has 1 aromatic carbocycles. The van der Waals surface area contributed by atoms with Crippen molar-refractivity contribution < 1.29 is 9.15 Å². The molecule has 0 aliphatic heterocycles. The van der Waals surface area contributed by atoms with Crippen molar-refractivity contribution in [3.8, 4) is 17.3 Å². The molecule has 2 aromatic heterocycles. The molecule has 0 unspecified atom stereocenters. The van der Waals surface area contributed by atoms with Crippen molar-refractivity contribution in [3.05, 3.63) is 30.1 Å². The van der Waals surface area contributed by atoms with Gasteiger partial charge < -0.3 is 9.15 Å². The summed E-state index contributed by atoms with van der Waals surface area (Å²) in [6, 6.07) is 7.56. The van der Waals surface area contributed by atoms with Crippen LogP contribution in [0.4, 0.5) is 0 Å². The lowest BCUT2D eigenvalue weighted by atomic mass is 10.2.